The van der Waals surface area contributed by atoms with Crippen molar-refractivity contribution in [3.05, 3.63) is 0 Å². The van der Waals surface area contributed by atoms with Gasteiger partial charge in [0.25, 0.3) is 0 Å². The Morgan fingerprint density at radius 1 is 1.33 bits per heavy atom. The first-order chi connectivity index (χ1) is 6.81. The molecule has 3 atom stereocenters. The van der Waals surface area contributed by atoms with E-state index >= 15 is 0 Å². The Labute approximate surface area is 94.0 Å². The lowest BCUT2D eigenvalue weighted by atomic mass is 9.69. The van der Waals surface area contributed by atoms with Gasteiger partial charge in [-0.2, -0.15) is 0 Å². The number of Topliss-reactive ketones (excluding diaryl/α,β-unsaturated/α-hetero) is 1. The molecule has 88 valence electrons. The van der Waals surface area contributed by atoms with Gasteiger partial charge in [-0.15, -0.1) is 0 Å². The molecule has 1 saturated heterocycles. The largest absolute Gasteiger partial charge is 0.299 e. The second-order valence-corrected chi connectivity index (χ2v) is 5.49. The molecule has 0 aliphatic carbocycles. The predicted molar refractivity (Wildman–Crippen MR) is 63.9 cm³/mol. The van der Waals surface area contributed by atoms with Gasteiger partial charge in [0.05, 0.1) is 0 Å². The molecule has 0 aromatic carbocycles. The zero-order valence-corrected chi connectivity index (χ0v) is 11.1. The smallest absolute Gasteiger partial charge is 0.139 e. The SMILES string of the molecule is CCC1(C)CC(=O)C(C)C(C)(CC)N1C. The van der Waals surface area contributed by atoms with Gasteiger partial charge in [-0.25, -0.2) is 0 Å². The molecule has 0 radical (unpaired) electrons. The second kappa shape index (κ2) is 3.89. The van der Waals surface area contributed by atoms with E-state index in [0.717, 1.165) is 12.8 Å². The molecule has 2 nitrogen and oxygen atoms in total. The Kier molecular flexibility index (Phi) is 3.30. The van der Waals surface area contributed by atoms with Crippen LogP contribution in [0.1, 0.15) is 53.9 Å². The van der Waals surface area contributed by atoms with E-state index in [0.29, 0.717) is 12.2 Å². The Bertz CT molecular complexity index is 263. The molecule has 0 aromatic heterocycles. The lowest BCUT2D eigenvalue weighted by Crippen LogP contribution is -2.65. The van der Waals surface area contributed by atoms with E-state index in [-0.39, 0.29) is 17.0 Å². The summed E-state index contributed by atoms with van der Waals surface area (Å²) in [5, 5.41) is 0. The van der Waals surface area contributed by atoms with Gasteiger partial charge in [-0.1, -0.05) is 20.8 Å². The third-order valence-electron chi connectivity index (χ3n) is 5.02. The van der Waals surface area contributed by atoms with Crippen LogP contribution in [0.4, 0.5) is 0 Å². The molecule has 2 heteroatoms. The average Bonchev–Trinajstić information content (AvgIpc) is 2.23. The lowest BCUT2D eigenvalue weighted by molar-refractivity contribution is -0.143. The predicted octanol–water partition coefficient (Wildman–Crippen LogP) is 2.86. The maximum Gasteiger partial charge on any atom is 0.139 e. The molecule has 0 aromatic rings. The molecule has 3 unspecified atom stereocenters. The maximum absolute atomic E-state index is 12.1. The molecule has 1 heterocycles. The van der Waals surface area contributed by atoms with Crippen molar-refractivity contribution >= 4 is 5.78 Å². The minimum absolute atomic E-state index is 0.0279. The highest BCUT2D eigenvalue weighted by molar-refractivity contribution is 5.84. The fourth-order valence-electron chi connectivity index (χ4n) is 2.81. The van der Waals surface area contributed by atoms with E-state index in [9.17, 15) is 4.79 Å². The fraction of sp³-hybridized carbons (Fsp3) is 0.923. The zero-order valence-electron chi connectivity index (χ0n) is 11.1. The molecule has 0 amide bonds. The number of likely N-dealkylation sites (tertiary alicyclic amines) is 1. The first-order valence-corrected chi connectivity index (χ1v) is 6.08. The van der Waals surface area contributed by atoms with Crippen molar-refractivity contribution in [1.82, 2.24) is 4.90 Å². The van der Waals surface area contributed by atoms with E-state index < -0.39 is 0 Å². The van der Waals surface area contributed by atoms with Gasteiger partial charge in [0.1, 0.15) is 5.78 Å². The van der Waals surface area contributed by atoms with Crippen molar-refractivity contribution < 1.29 is 4.79 Å². The van der Waals surface area contributed by atoms with Crippen molar-refractivity contribution in [2.45, 2.75) is 65.0 Å². The van der Waals surface area contributed by atoms with Gasteiger partial charge >= 0.3 is 0 Å². The van der Waals surface area contributed by atoms with Gasteiger partial charge < -0.3 is 0 Å². The van der Waals surface area contributed by atoms with Crippen LogP contribution in [0.25, 0.3) is 0 Å². The molecule has 0 saturated carbocycles. The maximum atomic E-state index is 12.1. The van der Waals surface area contributed by atoms with Crippen LogP contribution in [-0.4, -0.2) is 28.8 Å². The van der Waals surface area contributed by atoms with E-state index in [1.54, 1.807) is 0 Å². The summed E-state index contributed by atoms with van der Waals surface area (Å²) in [6.45, 7) is 10.9. The summed E-state index contributed by atoms with van der Waals surface area (Å²) < 4.78 is 0. The summed E-state index contributed by atoms with van der Waals surface area (Å²) in [7, 11) is 2.18. The molecule has 15 heavy (non-hydrogen) atoms. The monoisotopic (exact) mass is 211 g/mol. The number of rotatable bonds is 2. The summed E-state index contributed by atoms with van der Waals surface area (Å²) in [4.78, 5) is 14.5. The van der Waals surface area contributed by atoms with Gasteiger partial charge in [0.15, 0.2) is 0 Å². The van der Waals surface area contributed by atoms with Gasteiger partial charge in [-0.05, 0) is 33.7 Å². The zero-order chi connectivity index (χ0) is 11.9. The molecule has 1 rings (SSSR count). The molecular weight excluding hydrogens is 186 g/mol. The highest BCUT2D eigenvalue weighted by atomic mass is 16.1. The number of carbonyl (C=O) groups excluding carboxylic acids is 1. The molecular formula is C13H25NO. The summed E-state index contributed by atoms with van der Waals surface area (Å²) in [6.07, 6.45) is 2.78. The van der Waals surface area contributed by atoms with Crippen LogP contribution >= 0.6 is 0 Å². The first-order valence-electron chi connectivity index (χ1n) is 6.08. The van der Waals surface area contributed by atoms with Crippen LogP contribution in [0.5, 0.6) is 0 Å². The fourth-order valence-corrected chi connectivity index (χ4v) is 2.81. The normalized spacial score (nSPS) is 43.3. The third-order valence-corrected chi connectivity index (χ3v) is 5.02. The van der Waals surface area contributed by atoms with Gasteiger partial charge in [-0.3, -0.25) is 9.69 Å². The van der Waals surface area contributed by atoms with Crippen molar-refractivity contribution in [3.63, 3.8) is 0 Å². The molecule has 1 aliphatic heterocycles. The number of hydrogen-bond acceptors (Lipinski definition) is 2. The van der Waals surface area contributed by atoms with Crippen LogP contribution < -0.4 is 0 Å². The number of piperidine rings is 1. The van der Waals surface area contributed by atoms with Gasteiger partial charge in [0.2, 0.25) is 0 Å². The van der Waals surface area contributed by atoms with Crippen molar-refractivity contribution in [1.29, 1.82) is 0 Å². The van der Waals surface area contributed by atoms with Crippen LogP contribution in [0.15, 0.2) is 0 Å². The van der Waals surface area contributed by atoms with Crippen molar-refractivity contribution in [3.8, 4) is 0 Å². The quantitative estimate of drug-likeness (QED) is 0.700. The Morgan fingerprint density at radius 3 is 2.27 bits per heavy atom. The minimum Gasteiger partial charge on any atom is -0.299 e. The summed E-state index contributed by atoms with van der Waals surface area (Å²) in [5.74, 6) is 0.592. The molecule has 0 spiro atoms. The van der Waals surface area contributed by atoms with Crippen LogP contribution in [0.2, 0.25) is 0 Å². The first kappa shape index (κ1) is 12.7. The van der Waals surface area contributed by atoms with Crippen LogP contribution in [0.3, 0.4) is 0 Å². The Hall–Kier alpha value is -0.370. The minimum atomic E-state index is 0.0279. The van der Waals surface area contributed by atoms with Crippen molar-refractivity contribution in [2.24, 2.45) is 5.92 Å². The van der Waals surface area contributed by atoms with Crippen molar-refractivity contribution in [2.75, 3.05) is 7.05 Å². The number of hydrogen-bond donors (Lipinski definition) is 0. The molecule has 1 aliphatic rings. The molecule has 1 fully saturated rings. The average molecular weight is 211 g/mol. The van der Waals surface area contributed by atoms with E-state index in [2.05, 4.69) is 46.6 Å². The Balaban J connectivity index is 3.11. The molecule has 0 N–H and O–H groups in total. The third kappa shape index (κ3) is 1.73. The van der Waals surface area contributed by atoms with Gasteiger partial charge in [0, 0.05) is 23.4 Å². The Morgan fingerprint density at radius 2 is 1.87 bits per heavy atom. The van der Waals surface area contributed by atoms with E-state index in [1.807, 2.05) is 0 Å². The summed E-state index contributed by atoms with van der Waals surface area (Å²) in [6, 6.07) is 0. The standard InChI is InChI=1S/C13H25NO/c1-7-12(4)9-11(15)10(3)13(5,8-2)14(12)6/h10H,7-9H2,1-6H3. The van der Waals surface area contributed by atoms with E-state index in [1.165, 1.54) is 0 Å². The number of nitrogens with zero attached hydrogens (tertiary/aromatic N) is 1. The molecule has 0 bridgehead atoms. The number of carbonyl (C=O) groups is 1. The highest BCUT2D eigenvalue weighted by Gasteiger charge is 2.50. The second-order valence-electron chi connectivity index (χ2n) is 5.49. The highest BCUT2D eigenvalue weighted by Crippen LogP contribution is 2.42. The van der Waals surface area contributed by atoms with Crippen LogP contribution in [-0.2, 0) is 4.79 Å². The van der Waals surface area contributed by atoms with E-state index in [4.69, 9.17) is 0 Å². The summed E-state index contributed by atoms with van der Waals surface area (Å²) >= 11 is 0. The summed E-state index contributed by atoms with van der Waals surface area (Å²) in [5.41, 5.74) is 0.0778. The number of ketones is 1. The topological polar surface area (TPSA) is 20.3 Å². The lowest BCUT2D eigenvalue weighted by Gasteiger charge is -2.56. The van der Waals surface area contributed by atoms with Crippen LogP contribution in [0, 0.1) is 5.92 Å².